The number of nitrogens with one attached hydrogen (secondary N) is 2. The van der Waals surface area contributed by atoms with Crippen LogP contribution in [0.4, 0.5) is 0 Å². The number of rotatable bonds is 5. The van der Waals surface area contributed by atoms with Crippen molar-refractivity contribution in [2.24, 2.45) is 0 Å². The minimum Gasteiger partial charge on any atom is -0.350 e. The maximum Gasteiger partial charge on any atom is 0.269 e. The van der Waals surface area contributed by atoms with Crippen LogP contribution < -0.4 is 5.32 Å². The zero-order valence-electron chi connectivity index (χ0n) is 15.3. The van der Waals surface area contributed by atoms with Gasteiger partial charge in [0.25, 0.3) is 5.91 Å². The Bertz CT molecular complexity index is 1140. The molecule has 0 atom stereocenters. The number of H-pyrrole nitrogens is 1. The lowest BCUT2D eigenvalue weighted by Gasteiger charge is -2.07. The largest absolute Gasteiger partial charge is 0.350 e. The minimum absolute atomic E-state index is 0.104. The first-order valence-corrected chi connectivity index (χ1v) is 10.6. The summed E-state index contributed by atoms with van der Waals surface area (Å²) in [6, 6.07) is 24.3. The summed E-state index contributed by atoms with van der Waals surface area (Å²) >= 11 is 5.08. The SMILES string of the molecule is Cc1ccc2c(Sc3ccccc3)c(C(=O)NCc3cccc(Br)c3)[nH]c2c1. The van der Waals surface area contributed by atoms with Gasteiger partial charge in [0, 0.05) is 26.8 Å². The van der Waals surface area contributed by atoms with Gasteiger partial charge < -0.3 is 10.3 Å². The van der Waals surface area contributed by atoms with Crippen LogP contribution in [0.2, 0.25) is 0 Å². The van der Waals surface area contributed by atoms with E-state index in [-0.39, 0.29) is 5.91 Å². The van der Waals surface area contributed by atoms with Gasteiger partial charge in [-0.15, -0.1) is 0 Å². The molecule has 4 aromatic rings. The van der Waals surface area contributed by atoms with Crippen molar-refractivity contribution in [1.29, 1.82) is 0 Å². The molecule has 28 heavy (non-hydrogen) atoms. The number of aromatic nitrogens is 1. The zero-order valence-corrected chi connectivity index (χ0v) is 17.7. The number of hydrogen-bond acceptors (Lipinski definition) is 2. The van der Waals surface area contributed by atoms with Gasteiger partial charge in [-0.05, 0) is 48.4 Å². The number of carbonyl (C=O) groups excluding carboxylic acids is 1. The molecule has 0 saturated heterocycles. The van der Waals surface area contributed by atoms with Gasteiger partial charge in [-0.2, -0.15) is 0 Å². The molecule has 0 fully saturated rings. The third kappa shape index (κ3) is 4.16. The highest BCUT2D eigenvalue weighted by molar-refractivity contribution is 9.10. The predicted octanol–water partition coefficient (Wildman–Crippen LogP) is 6.32. The van der Waals surface area contributed by atoms with Crippen molar-refractivity contribution in [3.63, 3.8) is 0 Å². The van der Waals surface area contributed by atoms with Crippen LogP contribution in [0.15, 0.2) is 87.1 Å². The van der Waals surface area contributed by atoms with E-state index in [1.165, 1.54) is 0 Å². The fraction of sp³-hybridized carbons (Fsp3) is 0.0870. The Kier molecular flexibility index (Phi) is 5.55. The van der Waals surface area contributed by atoms with Crippen LogP contribution in [0.25, 0.3) is 10.9 Å². The molecule has 1 aromatic heterocycles. The molecular weight excluding hydrogens is 432 g/mol. The van der Waals surface area contributed by atoms with Crippen LogP contribution in [0.5, 0.6) is 0 Å². The van der Waals surface area contributed by atoms with Gasteiger partial charge in [0.15, 0.2) is 0 Å². The molecule has 0 aliphatic rings. The van der Waals surface area contributed by atoms with E-state index in [1.807, 2.05) is 42.5 Å². The van der Waals surface area contributed by atoms with E-state index in [9.17, 15) is 4.79 Å². The third-order valence-electron chi connectivity index (χ3n) is 4.44. The Morgan fingerprint density at radius 1 is 1.04 bits per heavy atom. The first kappa shape index (κ1) is 18.8. The van der Waals surface area contributed by atoms with E-state index in [4.69, 9.17) is 0 Å². The van der Waals surface area contributed by atoms with Gasteiger partial charge in [0.05, 0.1) is 4.90 Å². The lowest BCUT2D eigenvalue weighted by molar-refractivity contribution is 0.0944. The summed E-state index contributed by atoms with van der Waals surface area (Å²) in [5, 5.41) is 4.10. The summed E-state index contributed by atoms with van der Waals surface area (Å²) in [6.45, 7) is 2.53. The Morgan fingerprint density at radius 3 is 2.64 bits per heavy atom. The average Bonchev–Trinajstić information content (AvgIpc) is 3.04. The highest BCUT2D eigenvalue weighted by Gasteiger charge is 2.19. The lowest BCUT2D eigenvalue weighted by Crippen LogP contribution is -2.23. The summed E-state index contributed by atoms with van der Waals surface area (Å²) in [5.74, 6) is -0.104. The number of aromatic amines is 1. The summed E-state index contributed by atoms with van der Waals surface area (Å²) in [7, 11) is 0. The summed E-state index contributed by atoms with van der Waals surface area (Å²) in [6.07, 6.45) is 0. The fourth-order valence-corrected chi connectivity index (χ4v) is 4.58. The molecule has 0 saturated carbocycles. The summed E-state index contributed by atoms with van der Waals surface area (Å²) < 4.78 is 1.00. The number of halogens is 1. The van der Waals surface area contributed by atoms with Gasteiger partial charge in [0.1, 0.15) is 5.69 Å². The molecule has 1 heterocycles. The van der Waals surface area contributed by atoms with Gasteiger partial charge in [-0.1, -0.05) is 70.2 Å². The number of aryl methyl sites for hydroxylation is 1. The summed E-state index contributed by atoms with van der Waals surface area (Å²) in [5.41, 5.74) is 3.79. The standard InChI is InChI=1S/C23H19BrN2OS/c1-15-10-11-19-20(12-15)26-21(22(19)28-18-8-3-2-4-9-18)23(27)25-14-16-6-5-7-17(24)13-16/h2-13,26H,14H2,1H3,(H,25,27). The van der Waals surface area contributed by atoms with Crippen molar-refractivity contribution in [1.82, 2.24) is 10.3 Å². The molecule has 0 bridgehead atoms. The second kappa shape index (κ2) is 8.25. The van der Waals surface area contributed by atoms with E-state index < -0.39 is 0 Å². The Hall–Kier alpha value is -2.50. The highest BCUT2D eigenvalue weighted by atomic mass is 79.9. The quantitative estimate of drug-likeness (QED) is 0.373. The normalized spacial score (nSPS) is 10.9. The number of amides is 1. The first-order valence-electron chi connectivity index (χ1n) is 8.98. The van der Waals surface area contributed by atoms with E-state index in [2.05, 4.69) is 63.5 Å². The topological polar surface area (TPSA) is 44.9 Å². The van der Waals surface area contributed by atoms with Crippen molar-refractivity contribution < 1.29 is 4.79 Å². The molecule has 0 radical (unpaired) electrons. The van der Waals surface area contributed by atoms with Gasteiger partial charge in [-0.3, -0.25) is 4.79 Å². The van der Waals surface area contributed by atoms with Gasteiger partial charge in [0.2, 0.25) is 0 Å². The molecule has 1 amide bonds. The molecule has 0 aliphatic carbocycles. The maximum absolute atomic E-state index is 13.0. The molecule has 140 valence electrons. The predicted molar refractivity (Wildman–Crippen MR) is 119 cm³/mol. The van der Waals surface area contributed by atoms with Crippen LogP contribution in [0.3, 0.4) is 0 Å². The second-order valence-corrected chi connectivity index (χ2v) is 8.61. The molecular formula is C23H19BrN2OS. The number of fused-ring (bicyclic) bond motifs is 1. The van der Waals surface area contributed by atoms with Crippen molar-refractivity contribution in [3.05, 3.63) is 94.1 Å². The maximum atomic E-state index is 13.0. The molecule has 2 N–H and O–H groups in total. The molecule has 3 aromatic carbocycles. The molecule has 0 unspecified atom stereocenters. The van der Waals surface area contributed by atoms with Crippen molar-refractivity contribution >= 4 is 44.5 Å². The first-order chi connectivity index (χ1) is 13.6. The monoisotopic (exact) mass is 450 g/mol. The van der Waals surface area contributed by atoms with Crippen LogP contribution in [0, 0.1) is 6.92 Å². The van der Waals surface area contributed by atoms with E-state index >= 15 is 0 Å². The smallest absolute Gasteiger partial charge is 0.269 e. The van der Waals surface area contributed by atoms with Crippen LogP contribution in [-0.2, 0) is 6.54 Å². The van der Waals surface area contributed by atoms with Crippen LogP contribution >= 0.6 is 27.7 Å². The van der Waals surface area contributed by atoms with E-state index in [0.29, 0.717) is 12.2 Å². The Labute approximate surface area is 176 Å². The second-order valence-electron chi connectivity index (χ2n) is 6.61. The van der Waals surface area contributed by atoms with E-state index in [0.717, 1.165) is 36.3 Å². The number of carbonyl (C=O) groups is 1. The van der Waals surface area contributed by atoms with Crippen LogP contribution in [0.1, 0.15) is 21.6 Å². The molecule has 0 spiro atoms. The highest BCUT2D eigenvalue weighted by Crippen LogP contribution is 2.37. The molecule has 0 aliphatic heterocycles. The molecule has 4 rings (SSSR count). The Morgan fingerprint density at radius 2 is 1.86 bits per heavy atom. The van der Waals surface area contributed by atoms with E-state index in [1.54, 1.807) is 11.8 Å². The van der Waals surface area contributed by atoms with Crippen LogP contribution in [-0.4, -0.2) is 10.9 Å². The number of hydrogen-bond donors (Lipinski definition) is 2. The van der Waals surface area contributed by atoms with Crippen molar-refractivity contribution in [2.75, 3.05) is 0 Å². The molecule has 5 heteroatoms. The van der Waals surface area contributed by atoms with Crippen molar-refractivity contribution in [3.8, 4) is 0 Å². The summed E-state index contributed by atoms with van der Waals surface area (Å²) in [4.78, 5) is 18.4. The zero-order chi connectivity index (χ0) is 19.5. The minimum atomic E-state index is -0.104. The third-order valence-corrected chi connectivity index (χ3v) is 6.07. The Balaban J connectivity index is 1.66. The molecule has 3 nitrogen and oxygen atoms in total. The van der Waals surface area contributed by atoms with Gasteiger partial charge in [-0.25, -0.2) is 0 Å². The lowest BCUT2D eigenvalue weighted by atomic mass is 10.2. The average molecular weight is 451 g/mol. The number of benzene rings is 3. The fourth-order valence-electron chi connectivity index (χ4n) is 3.08. The van der Waals surface area contributed by atoms with Crippen molar-refractivity contribution in [2.45, 2.75) is 23.3 Å². The van der Waals surface area contributed by atoms with Gasteiger partial charge >= 0.3 is 0 Å².